The van der Waals surface area contributed by atoms with Crippen molar-refractivity contribution in [2.45, 2.75) is 24.2 Å². The van der Waals surface area contributed by atoms with Gasteiger partial charge >= 0.3 is 0 Å². The van der Waals surface area contributed by atoms with E-state index in [9.17, 15) is 13.2 Å². The zero-order chi connectivity index (χ0) is 19.1. The van der Waals surface area contributed by atoms with E-state index in [-0.39, 0.29) is 10.8 Å². The summed E-state index contributed by atoms with van der Waals surface area (Å²) >= 11 is 0. The molecule has 6 nitrogen and oxygen atoms in total. The maximum Gasteiger partial charge on any atom is 0.251 e. The predicted octanol–water partition coefficient (Wildman–Crippen LogP) is 2.67. The summed E-state index contributed by atoms with van der Waals surface area (Å²) in [6.45, 7) is 2.13. The first kappa shape index (κ1) is 19.4. The average Bonchev–Trinajstić information content (AvgIpc) is 3.24. The number of hydrogen-bond acceptors (Lipinski definition) is 4. The van der Waals surface area contributed by atoms with Gasteiger partial charge in [0.25, 0.3) is 5.91 Å². The van der Waals surface area contributed by atoms with Crippen molar-refractivity contribution in [1.82, 2.24) is 9.62 Å². The van der Waals surface area contributed by atoms with Gasteiger partial charge in [0.1, 0.15) is 5.75 Å². The maximum atomic E-state index is 12.5. The number of ether oxygens (including phenoxy) is 1. The summed E-state index contributed by atoms with van der Waals surface area (Å²) in [6.07, 6.45) is 2.48. The molecule has 1 N–H and O–H groups in total. The van der Waals surface area contributed by atoms with Gasteiger partial charge in [0.2, 0.25) is 10.0 Å². The minimum absolute atomic E-state index is 0.222. The van der Waals surface area contributed by atoms with Crippen LogP contribution in [0.3, 0.4) is 0 Å². The van der Waals surface area contributed by atoms with Gasteiger partial charge in [-0.3, -0.25) is 4.79 Å². The highest BCUT2D eigenvalue weighted by Gasteiger charge is 2.27. The van der Waals surface area contributed by atoms with Crippen LogP contribution < -0.4 is 10.1 Å². The van der Waals surface area contributed by atoms with Crippen molar-refractivity contribution in [2.24, 2.45) is 0 Å². The molecular weight excluding hydrogens is 364 g/mol. The molecule has 0 unspecified atom stereocenters. The SMILES string of the molecule is O=C(NCCCOc1ccccc1)c1ccc(S(=O)(=O)N2CCCC2)cc1. The third kappa shape index (κ3) is 5.08. The smallest absolute Gasteiger partial charge is 0.251 e. The molecule has 27 heavy (non-hydrogen) atoms. The van der Waals surface area contributed by atoms with Crippen molar-refractivity contribution in [3.05, 3.63) is 60.2 Å². The summed E-state index contributed by atoms with van der Waals surface area (Å²) in [4.78, 5) is 12.4. The zero-order valence-corrected chi connectivity index (χ0v) is 16.0. The first-order chi connectivity index (χ1) is 13.1. The number of sulfonamides is 1. The lowest BCUT2D eigenvalue weighted by Gasteiger charge is -2.15. The number of para-hydroxylation sites is 1. The molecule has 1 amide bonds. The quantitative estimate of drug-likeness (QED) is 0.706. The fourth-order valence-corrected chi connectivity index (χ4v) is 4.46. The Bertz CT molecular complexity index is 845. The van der Waals surface area contributed by atoms with E-state index in [0.29, 0.717) is 38.2 Å². The Morgan fingerprint density at radius 3 is 2.33 bits per heavy atom. The third-order valence-electron chi connectivity index (χ3n) is 4.44. The number of benzene rings is 2. The standard InChI is InChI=1S/C20H24N2O4S/c23-20(21-13-6-16-26-18-7-2-1-3-8-18)17-9-11-19(12-10-17)27(24,25)22-14-4-5-15-22/h1-3,7-12H,4-6,13-16H2,(H,21,23). The van der Waals surface area contributed by atoms with Crippen LogP contribution in [0.25, 0.3) is 0 Å². The largest absolute Gasteiger partial charge is 0.494 e. The van der Waals surface area contributed by atoms with Gasteiger partial charge in [-0.25, -0.2) is 8.42 Å². The summed E-state index contributed by atoms with van der Waals surface area (Å²) < 4.78 is 32.0. The lowest BCUT2D eigenvalue weighted by Crippen LogP contribution is -2.28. The number of nitrogens with one attached hydrogen (secondary N) is 1. The van der Waals surface area contributed by atoms with E-state index in [2.05, 4.69) is 5.32 Å². The minimum atomic E-state index is -3.45. The predicted molar refractivity (Wildman–Crippen MR) is 103 cm³/mol. The monoisotopic (exact) mass is 388 g/mol. The Labute approximate surface area is 160 Å². The second kappa shape index (κ2) is 9.01. The van der Waals surface area contributed by atoms with Gasteiger partial charge in [-0.05, 0) is 55.7 Å². The molecule has 1 heterocycles. The summed E-state index contributed by atoms with van der Waals surface area (Å²) in [7, 11) is -3.45. The van der Waals surface area contributed by atoms with Crippen molar-refractivity contribution < 1.29 is 17.9 Å². The van der Waals surface area contributed by atoms with Gasteiger partial charge in [0, 0.05) is 25.2 Å². The van der Waals surface area contributed by atoms with Crippen molar-refractivity contribution >= 4 is 15.9 Å². The van der Waals surface area contributed by atoms with Gasteiger partial charge in [0.05, 0.1) is 11.5 Å². The highest BCUT2D eigenvalue weighted by atomic mass is 32.2. The van der Waals surface area contributed by atoms with E-state index < -0.39 is 10.0 Å². The summed E-state index contributed by atoms with van der Waals surface area (Å²) in [6, 6.07) is 15.6. The molecule has 0 aromatic heterocycles. The molecule has 2 aromatic carbocycles. The third-order valence-corrected chi connectivity index (χ3v) is 6.35. The van der Waals surface area contributed by atoms with E-state index >= 15 is 0 Å². The number of rotatable bonds is 8. The number of hydrogen-bond donors (Lipinski definition) is 1. The molecule has 2 aromatic rings. The van der Waals surface area contributed by atoms with Crippen LogP contribution in [0.4, 0.5) is 0 Å². The van der Waals surface area contributed by atoms with Crippen molar-refractivity contribution in [2.75, 3.05) is 26.2 Å². The summed E-state index contributed by atoms with van der Waals surface area (Å²) in [5, 5.41) is 2.82. The summed E-state index contributed by atoms with van der Waals surface area (Å²) in [5.41, 5.74) is 0.444. The molecule has 1 aliphatic heterocycles. The van der Waals surface area contributed by atoms with Crippen LogP contribution in [0.5, 0.6) is 5.75 Å². The number of nitrogens with zero attached hydrogens (tertiary/aromatic N) is 1. The molecule has 144 valence electrons. The van der Waals surface area contributed by atoms with Gasteiger partial charge in [0.15, 0.2) is 0 Å². The van der Waals surface area contributed by atoms with Crippen LogP contribution in [0.2, 0.25) is 0 Å². The molecule has 1 fully saturated rings. The molecule has 1 saturated heterocycles. The van der Waals surface area contributed by atoms with Gasteiger partial charge in [-0.2, -0.15) is 4.31 Å². The normalized spacial score (nSPS) is 14.8. The Morgan fingerprint density at radius 2 is 1.67 bits per heavy atom. The lowest BCUT2D eigenvalue weighted by atomic mass is 10.2. The van der Waals surface area contributed by atoms with Gasteiger partial charge in [-0.1, -0.05) is 18.2 Å². The first-order valence-corrected chi connectivity index (χ1v) is 10.6. The molecule has 0 aliphatic carbocycles. The van der Waals surface area contributed by atoms with Crippen molar-refractivity contribution in [3.63, 3.8) is 0 Å². The van der Waals surface area contributed by atoms with Crippen LogP contribution in [-0.4, -0.2) is 44.9 Å². The number of carbonyl (C=O) groups is 1. The van der Waals surface area contributed by atoms with Crippen LogP contribution in [-0.2, 0) is 10.0 Å². The van der Waals surface area contributed by atoms with Crippen molar-refractivity contribution in [3.8, 4) is 5.75 Å². The fraction of sp³-hybridized carbons (Fsp3) is 0.350. The van der Waals surface area contributed by atoms with E-state index in [1.807, 2.05) is 30.3 Å². The van der Waals surface area contributed by atoms with Crippen LogP contribution in [0.1, 0.15) is 29.6 Å². The molecule has 7 heteroatoms. The molecular formula is C20H24N2O4S. The van der Waals surface area contributed by atoms with Crippen molar-refractivity contribution in [1.29, 1.82) is 0 Å². The molecule has 0 radical (unpaired) electrons. The molecule has 0 bridgehead atoms. The molecule has 1 aliphatic rings. The molecule has 0 atom stereocenters. The Balaban J connectivity index is 1.46. The Hall–Kier alpha value is -2.38. The van der Waals surface area contributed by atoms with Crippen LogP contribution >= 0.6 is 0 Å². The first-order valence-electron chi connectivity index (χ1n) is 9.14. The van der Waals surface area contributed by atoms with E-state index in [1.54, 1.807) is 12.1 Å². The fourth-order valence-electron chi connectivity index (χ4n) is 2.94. The second-order valence-electron chi connectivity index (χ2n) is 6.41. The van der Waals surface area contributed by atoms with E-state index in [0.717, 1.165) is 18.6 Å². The molecule has 0 spiro atoms. The number of carbonyl (C=O) groups excluding carboxylic acids is 1. The highest BCUT2D eigenvalue weighted by Crippen LogP contribution is 2.21. The van der Waals surface area contributed by atoms with Crippen LogP contribution in [0, 0.1) is 0 Å². The van der Waals surface area contributed by atoms with Gasteiger partial charge < -0.3 is 10.1 Å². The summed E-state index contributed by atoms with van der Waals surface area (Å²) in [5.74, 6) is 0.582. The van der Waals surface area contributed by atoms with Gasteiger partial charge in [-0.15, -0.1) is 0 Å². The lowest BCUT2D eigenvalue weighted by molar-refractivity contribution is 0.0951. The van der Waals surface area contributed by atoms with E-state index in [4.69, 9.17) is 4.74 Å². The molecule has 0 saturated carbocycles. The average molecular weight is 388 g/mol. The zero-order valence-electron chi connectivity index (χ0n) is 15.1. The van der Waals surface area contributed by atoms with E-state index in [1.165, 1.54) is 16.4 Å². The number of amides is 1. The molecule has 3 rings (SSSR count). The maximum absolute atomic E-state index is 12.5. The van der Waals surface area contributed by atoms with Crippen LogP contribution in [0.15, 0.2) is 59.5 Å². The minimum Gasteiger partial charge on any atom is -0.494 e. The topological polar surface area (TPSA) is 75.7 Å². The highest BCUT2D eigenvalue weighted by molar-refractivity contribution is 7.89. The Morgan fingerprint density at radius 1 is 1.00 bits per heavy atom. The second-order valence-corrected chi connectivity index (χ2v) is 8.34. The Kier molecular flexibility index (Phi) is 6.47.